The number of carbonyl (C=O) groups excluding carboxylic acids is 1. The molecule has 0 aliphatic carbocycles. The SMILES string of the molecule is NS(=O)(=O)CC1CC(=O)N(c2nnc(-c3ccccc3)o2)C1. The van der Waals surface area contributed by atoms with Crippen LogP contribution < -0.4 is 10.0 Å². The third-order valence-corrected chi connectivity index (χ3v) is 4.28. The average Bonchev–Trinajstić information content (AvgIpc) is 3.05. The summed E-state index contributed by atoms with van der Waals surface area (Å²) in [6.45, 7) is 0.200. The molecule has 0 saturated carbocycles. The fourth-order valence-corrected chi connectivity index (χ4v) is 3.31. The van der Waals surface area contributed by atoms with Crippen LogP contribution in [0.2, 0.25) is 0 Å². The molecule has 0 spiro atoms. The molecule has 1 saturated heterocycles. The van der Waals surface area contributed by atoms with Gasteiger partial charge in [0.1, 0.15) is 0 Å². The number of carbonyl (C=O) groups is 1. The van der Waals surface area contributed by atoms with Crippen molar-refractivity contribution in [1.29, 1.82) is 0 Å². The molecule has 22 heavy (non-hydrogen) atoms. The summed E-state index contributed by atoms with van der Waals surface area (Å²) < 4.78 is 27.8. The predicted molar refractivity (Wildman–Crippen MR) is 78.2 cm³/mol. The average molecular weight is 322 g/mol. The van der Waals surface area contributed by atoms with E-state index in [2.05, 4.69) is 10.2 Å². The smallest absolute Gasteiger partial charge is 0.325 e. The van der Waals surface area contributed by atoms with Crippen LogP contribution in [0.15, 0.2) is 34.7 Å². The molecule has 9 heteroatoms. The van der Waals surface area contributed by atoms with E-state index in [1.165, 1.54) is 4.90 Å². The van der Waals surface area contributed by atoms with E-state index in [1.807, 2.05) is 30.3 Å². The van der Waals surface area contributed by atoms with Crippen molar-refractivity contribution in [1.82, 2.24) is 10.2 Å². The second-order valence-corrected chi connectivity index (χ2v) is 6.82. The molecule has 1 unspecified atom stereocenters. The van der Waals surface area contributed by atoms with E-state index in [1.54, 1.807) is 0 Å². The number of hydrogen-bond acceptors (Lipinski definition) is 6. The lowest BCUT2D eigenvalue weighted by atomic mass is 10.1. The Morgan fingerprint density at radius 1 is 1.27 bits per heavy atom. The first-order chi connectivity index (χ1) is 10.4. The summed E-state index contributed by atoms with van der Waals surface area (Å²) in [6.07, 6.45) is 0.0967. The second kappa shape index (κ2) is 5.50. The van der Waals surface area contributed by atoms with Crippen LogP contribution in [0, 0.1) is 5.92 Å². The van der Waals surface area contributed by atoms with Crippen molar-refractivity contribution >= 4 is 21.9 Å². The molecule has 1 aliphatic rings. The number of benzene rings is 1. The number of aromatic nitrogens is 2. The standard InChI is InChI=1S/C13H14N4O4S/c14-22(19,20)8-9-6-11(18)17(7-9)13-16-15-12(21-13)10-4-2-1-3-5-10/h1-5,9H,6-8H2,(H2,14,19,20). The molecular weight excluding hydrogens is 308 g/mol. The van der Waals surface area contributed by atoms with Gasteiger partial charge in [-0.05, 0) is 12.1 Å². The van der Waals surface area contributed by atoms with Crippen molar-refractivity contribution in [2.45, 2.75) is 6.42 Å². The molecule has 1 aliphatic heterocycles. The van der Waals surface area contributed by atoms with E-state index in [9.17, 15) is 13.2 Å². The van der Waals surface area contributed by atoms with Gasteiger partial charge in [0.2, 0.25) is 21.8 Å². The number of hydrogen-bond donors (Lipinski definition) is 1. The molecule has 1 fully saturated rings. The fourth-order valence-electron chi connectivity index (χ4n) is 2.43. The van der Waals surface area contributed by atoms with Gasteiger partial charge in [0.05, 0.1) is 5.75 Å². The highest BCUT2D eigenvalue weighted by Crippen LogP contribution is 2.27. The van der Waals surface area contributed by atoms with Crippen molar-refractivity contribution in [3.05, 3.63) is 30.3 Å². The number of nitrogens with zero attached hydrogens (tertiary/aromatic N) is 3. The highest BCUT2D eigenvalue weighted by Gasteiger charge is 2.35. The normalized spacial score (nSPS) is 18.9. The lowest BCUT2D eigenvalue weighted by Crippen LogP contribution is -2.27. The Hall–Kier alpha value is -2.26. The van der Waals surface area contributed by atoms with Crippen molar-refractivity contribution in [3.63, 3.8) is 0 Å². The zero-order chi connectivity index (χ0) is 15.7. The Balaban J connectivity index is 1.78. The molecule has 2 N–H and O–H groups in total. The molecule has 3 rings (SSSR count). The van der Waals surface area contributed by atoms with E-state index in [0.717, 1.165) is 5.56 Å². The van der Waals surface area contributed by atoms with Gasteiger partial charge in [-0.25, -0.2) is 13.6 Å². The van der Waals surface area contributed by atoms with E-state index < -0.39 is 10.0 Å². The number of rotatable bonds is 4. The number of nitrogens with two attached hydrogens (primary N) is 1. The van der Waals surface area contributed by atoms with Gasteiger partial charge in [0.15, 0.2) is 0 Å². The van der Waals surface area contributed by atoms with Gasteiger partial charge in [-0.1, -0.05) is 23.3 Å². The maximum Gasteiger partial charge on any atom is 0.325 e. The minimum absolute atomic E-state index is 0.0702. The van der Waals surface area contributed by atoms with E-state index >= 15 is 0 Å². The van der Waals surface area contributed by atoms with Crippen LogP contribution in [0.25, 0.3) is 11.5 Å². The Kier molecular flexibility index (Phi) is 3.67. The van der Waals surface area contributed by atoms with Crippen LogP contribution >= 0.6 is 0 Å². The summed E-state index contributed by atoms with van der Waals surface area (Å²) in [5.74, 6) is -0.556. The Bertz CT molecular complexity index is 787. The number of anilines is 1. The molecular formula is C13H14N4O4S. The van der Waals surface area contributed by atoms with Crippen molar-refractivity contribution in [2.24, 2.45) is 11.1 Å². The Labute approximate surface area is 127 Å². The summed E-state index contributed by atoms with van der Waals surface area (Å²) in [7, 11) is -3.62. The molecule has 2 aromatic rings. The van der Waals surface area contributed by atoms with Crippen LogP contribution in [0.1, 0.15) is 6.42 Å². The first-order valence-electron chi connectivity index (χ1n) is 6.62. The lowest BCUT2D eigenvalue weighted by molar-refractivity contribution is -0.117. The van der Waals surface area contributed by atoms with Gasteiger partial charge in [-0.3, -0.25) is 9.69 Å². The first kappa shape index (κ1) is 14.7. The minimum atomic E-state index is -3.62. The third-order valence-electron chi connectivity index (χ3n) is 3.34. The van der Waals surface area contributed by atoms with Crippen LogP contribution in [0.3, 0.4) is 0 Å². The molecule has 1 atom stereocenters. The van der Waals surface area contributed by atoms with Gasteiger partial charge >= 0.3 is 6.01 Å². The maximum atomic E-state index is 12.0. The minimum Gasteiger partial charge on any atom is -0.403 e. The zero-order valence-electron chi connectivity index (χ0n) is 11.5. The van der Waals surface area contributed by atoms with E-state index in [0.29, 0.717) is 5.89 Å². The molecule has 1 amide bonds. The zero-order valence-corrected chi connectivity index (χ0v) is 12.4. The Morgan fingerprint density at radius 3 is 2.68 bits per heavy atom. The van der Waals surface area contributed by atoms with Crippen LogP contribution in [0.4, 0.5) is 6.01 Å². The van der Waals surface area contributed by atoms with Gasteiger partial charge < -0.3 is 4.42 Å². The maximum absolute atomic E-state index is 12.0. The summed E-state index contributed by atoms with van der Waals surface area (Å²) >= 11 is 0. The lowest BCUT2D eigenvalue weighted by Gasteiger charge is -2.10. The number of amides is 1. The summed E-state index contributed by atoms with van der Waals surface area (Å²) in [5, 5.41) is 12.8. The molecule has 1 aromatic carbocycles. The molecule has 116 valence electrons. The van der Waals surface area contributed by atoms with Crippen molar-refractivity contribution in [3.8, 4) is 11.5 Å². The van der Waals surface area contributed by atoms with Gasteiger partial charge in [0.25, 0.3) is 0 Å². The molecule has 2 heterocycles. The van der Waals surface area contributed by atoms with Crippen molar-refractivity contribution in [2.75, 3.05) is 17.2 Å². The third kappa shape index (κ3) is 3.15. The van der Waals surface area contributed by atoms with Gasteiger partial charge in [-0.15, -0.1) is 5.10 Å². The Morgan fingerprint density at radius 2 is 2.00 bits per heavy atom. The molecule has 0 radical (unpaired) electrons. The van der Waals surface area contributed by atoms with Gasteiger partial charge in [-0.2, -0.15) is 0 Å². The highest BCUT2D eigenvalue weighted by molar-refractivity contribution is 7.89. The summed E-state index contributed by atoms with van der Waals surface area (Å²) in [6, 6.07) is 9.23. The topological polar surface area (TPSA) is 119 Å². The first-order valence-corrected chi connectivity index (χ1v) is 8.34. The highest BCUT2D eigenvalue weighted by atomic mass is 32.2. The monoisotopic (exact) mass is 322 g/mol. The van der Waals surface area contributed by atoms with Crippen LogP contribution in [-0.4, -0.2) is 36.8 Å². The quantitative estimate of drug-likeness (QED) is 0.869. The molecule has 8 nitrogen and oxygen atoms in total. The number of sulfonamides is 1. The largest absolute Gasteiger partial charge is 0.403 e. The van der Waals surface area contributed by atoms with Crippen molar-refractivity contribution < 1.29 is 17.6 Å². The predicted octanol–water partition coefficient (Wildman–Crippen LogP) is 0.378. The van der Waals surface area contributed by atoms with E-state index in [4.69, 9.17) is 9.56 Å². The van der Waals surface area contributed by atoms with E-state index in [-0.39, 0.29) is 36.6 Å². The molecule has 0 bridgehead atoms. The van der Waals surface area contributed by atoms with Crippen LogP contribution in [0.5, 0.6) is 0 Å². The number of primary sulfonamides is 1. The van der Waals surface area contributed by atoms with Gasteiger partial charge in [0, 0.05) is 24.4 Å². The fraction of sp³-hybridized carbons (Fsp3) is 0.308. The summed E-state index contributed by atoms with van der Waals surface area (Å²) in [5.41, 5.74) is 0.744. The summed E-state index contributed by atoms with van der Waals surface area (Å²) in [4.78, 5) is 13.3. The molecule has 1 aromatic heterocycles. The second-order valence-electron chi connectivity index (χ2n) is 5.16. The van der Waals surface area contributed by atoms with Crippen LogP contribution in [-0.2, 0) is 14.8 Å².